The van der Waals surface area contributed by atoms with Crippen LogP contribution in [0.2, 0.25) is 0 Å². The minimum atomic E-state index is 0.262. The monoisotopic (exact) mass is 240 g/mol. The number of piperazine rings is 1. The van der Waals surface area contributed by atoms with Crippen molar-refractivity contribution in [3.63, 3.8) is 0 Å². The standard InChI is InChI=1S/C10H12N2OS2/c1-2-12-8-5-11(6-9(12)13)15-10-7(8)3-4-14-10/h3-4,8H,2,5-6H2,1H3. The molecule has 3 rings (SSSR count). The zero-order valence-electron chi connectivity index (χ0n) is 8.47. The molecule has 2 bridgehead atoms. The Labute approximate surface area is 97.2 Å². The van der Waals surface area contributed by atoms with Crippen LogP contribution in [-0.2, 0) is 4.79 Å². The highest BCUT2D eigenvalue weighted by Gasteiger charge is 2.38. The Balaban J connectivity index is 2.04. The highest BCUT2D eigenvalue weighted by atomic mass is 32.2. The van der Waals surface area contributed by atoms with Gasteiger partial charge >= 0.3 is 0 Å². The fourth-order valence-corrected chi connectivity index (χ4v) is 4.52. The molecular formula is C10H12N2OS2. The highest BCUT2D eigenvalue weighted by Crippen LogP contribution is 2.44. The molecule has 0 aromatic carbocycles. The van der Waals surface area contributed by atoms with Gasteiger partial charge in [-0.2, -0.15) is 0 Å². The molecule has 2 aliphatic heterocycles. The maximum Gasteiger partial charge on any atom is 0.238 e. The van der Waals surface area contributed by atoms with Gasteiger partial charge in [-0.1, -0.05) is 0 Å². The summed E-state index contributed by atoms with van der Waals surface area (Å²) in [7, 11) is 0. The SMILES string of the molecule is CCN1C(=O)CN2CC1c1ccsc1S2. The maximum atomic E-state index is 11.8. The fourth-order valence-electron chi connectivity index (χ4n) is 2.25. The molecule has 0 N–H and O–H groups in total. The van der Waals surface area contributed by atoms with Crippen molar-refractivity contribution >= 4 is 29.2 Å². The van der Waals surface area contributed by atoms with Crippen molar-refractivity contribution in [2.45, 2.75) is 17.2 Å². The summed E-state index contributed by atoms with van der Waals surface area (Å²) < 4.78 is 3.54. The van der Waals surface area contributed by atoms with Gasteiger partial charge in [-0.05, 0) is 30.3 Å². The molecule has 1 fully saturated rings. The third kappa shape index (κ3) is 1.41. The van der Waals surface area contributed by atoms with E-state index in [1.807, 2.05) is 4.90 Å². The first-order chi connectivity index (χ1) is 7.29. The molecule has 15 heavy (non-hydrogen) atoms. The van der Waals surface area contributed by atoms with Crippen molar-refractivity contribution in [3.8, 4) is 0 Å². The quantitative estimate of drug-likeness (QED) is 0.701. The third-order valence-corrected chi connectivity index (χ3v) is 5.13. The number of hydrogen-bond acceptors (Lipinski definition) is 4. The molecule has 2 atom stereocenters. The van der Waals surface area contributed by atoms with E-state index in [2.05, 4.69) is 22.7 Å². The predicted octanol–water partition coefficient (Wildman–Crippen LogP) is 1.97. The normalized spacial score (nSPS) is 29.1. The minimum absolute atomic E-state index is 0.262. The van der Waals surface area contributed by atoms with E-state index in [0.717, 1.165) is 13.1 Å². The summed E-state index contributed by atoms with van der Waals surface area (Å²) in [6.45, 7) is 4.42. The summed E-state index contributed by atoms with van der Waals surface area (Å²) >= 11 is 3.52. The van der Waals surface area contributed by atoms with Gasteiger partial charge in [-0.25, -0.2) is 4.31 Å². The first-order valence-electron chi connectivity index (χ1n) is 5.09. The highest BCUT2D eigenvalue weighted by molar-refractivity contribution is 7.99. The average molecular weight is 240 g/mol. The predicted molar refractivity (Wildman–Crippen MR) is 61.9 cm³/mol. The van der Waals surface area contributed by atoms with Gasteiger partial charge in [0.25, 0.3) is 0 Å². The fraction of sp³-hybridized carbons (Fsp3) is 0.500. The van der Waals surface area contributed by atoms with Crippen LogP contribution in [0, 0.1) is 0 Å². The summed E-state index contributed by atoms with van der Waals surface area (Å²) in [6, 6.07) is 2.45. The van der Waals surface area contributed by atoms with Gasteiger partial charge in [-0.15, -0.1) is 11.3 Å². The van der Waals surface area contributed by atoms with Crippen molar-refractivity contribution in [2.75, 3.05) is 19.6 Å². The lowest BCUT2D eigenvalue weighted by molar-refractivity contribution is -0.137. The molecule has 3 nitrogen and oxygen atoms in total. The van der Waals surface area contributed by atoms with Gasteiger partial charge in [-0.3, -0.25) is 4.79 Å². The van der Waals surface area contributed by atoms with Gasteiger partial charge in [0, 0.05) is 18.7 Å². The Hall–Kier alpha value is -0.520. The third-order valence-electron chi connectivity index (χ3n) is 2.95. The lowest BCUT2D eigenvalue weighted by Gasteiger charge is -2.43. The Bertz CT molecular complexity index is 404. The van der Waals surface area contributed by atoms with E-state index in [-0.39, 0.29) is 5.91 Å². The number of carbonyl (C=O) groups is 1. The summed E-state index contributed by atoms with van der Waals surface area (Å²) in [5, 5.41) is 2.12. The van der Waals surface area contributed by atoms with Gasteiger partial charge < -0.3 is 4.90 Å². The van der Waals surface area contributed by atoms with E-state index in [0.29, 0.717) is 12.6 Å². The Morgan fingerprint density at radius 1 is 1.60 bits per heavy atom. The number of thiophene rings is 1. The van der Waals surface area contributed by atoms with Crippen molar-refractivity contribution < 1.29 is 4.79 Å². The number of hydrogen-bond donors (Lipinski definition) is 0. The van der Waals surface area contributed by atoms with Gasteiger partial charge in [0.15, 0.2) is 0 Å². The number of nitrogens with zero attached hydrogens (tertiary/aromatic N) is 2. The molecule has 2 unspecified atom stereocenters. The molecule has 5 heteroatoms. The number of likely N-dealkylation sites (N-methyl/N-ethyl adjacent to an activating group) is 1. The zero-order chi connectivity index (χ0) is 10.4. The van der Waals surface area contributed by atoms with E-state index in [1.165, 1.54) is 9.77 Å². The smallest absolute Gasteiger partial charge is 0.238 e. The molecule has 0 spiro atoms. The van der Waals surface area contributed by atoms with Gasteiger partial charge in [0.05, 0.1) is 16.8 Å². The number of carbonyl (C=O) groups excluding carboxylic acids is 1. The number of amides is 1. The maximum absolute atomic E-state index is 11.8. The Kier molecular flexibility index (Phi) is 2.26. The second-order valence-electron chi connectivity index (χ2n) is 3.77. The van der Waals surface area contributed by atoms with Crippen molar-refractivity contribution in [3.05, 3.63) is 17.0 Å². The van der Waals surface area contributed by atoms with Crippen LogP contribution in [0.5, 0.6) is 0 Å². The van der Waals surface area contributed by atoms with Crippen molar-refractivity contribution in [1.29, 1.82) is 0 Å². The molecule has 1 saturated heterocycles. The molecular weight excluding hydrogens is 228 g/mol. The second-order valence-corrected chi connectivity index (χ2v) is 6.05. The van der Waals surface area contributed by atoms with Gasteiger partial charge in [0.2, 0.25) is 5.91 Å². The van der Waals surface area contributed by atoms with Crippen LogP contribution in [-0.4, -0.2) is 34.7 Å². The topological polar surface area (TPSA) is 23.6 Å². The average Bonchev–Trinajstić information content (AvgIpc) is 2.65. The molecule has 0 aliphatic carbocycles. The van der Waals surface area contributed by atoms with Crippen LogP contribution < -0.4 is 0 Å². The minimum Gasteiger partial charge on any atom is -0.333 e. The lowest BCUT2D eigenvalue weighted by atomic mass is 10.1. The summed E-state index contributed by atoms with van der Waals surface area (Å²) in [5.74, 6) is 0.262. The molecule has 0 radical (unpaired) electrons. The van der Waals surface area contributed by atoms with Crippen LogP contribution in [0.25, 0.3) is 0 Å². The molecule has 0 saturated carbocycles. The van der Waals surface area contributed by atoms with E-state index in [4.69, 9.17) is 0 Å². The summed E-state index contributed by atoms with van der Waals surface area (Å²) in [6.07, 6.45) is 0. The van der Waals surface area contributed by atoms with E-state index < -0.39 is 0 Å². The van der Waals surface area contributed by atoms with E-state index >= 15 is 0 Å². The summed E-state index contributed by atoms with van der Waals surface area (Å²) in [4.78, 5) is 13.8. The Morgan fingerprint density at radius 2 is 2.47 bits per heavy atom. The van der Waals surface area contributed by atoms with Crippen molar-refractivity contribution in [2.24, 2.45) is 0 Å². The number of rotatable bonds is 1. The van der Waals surface area contributed by atoms with E-state index in [1.54, 1.807) is 23.3 Å². The van der Waals surface area contributed by atoms with Crippen molar-refractivity contribution in [1.82, 2.24) is 9.21 Å². The zero-order valence-corrected chi connectivity index (χ0v) is 10.1. The summed E-state index contributed by atoms with van der Waals surface area (Å²) in [5.41, 5.74) is 1.34. The van der Waals surface area contributed by atoms with Crippen LogP contribution >= 0.6 is 23.3 Å². The molecule has 1 aromatic heterocycles. The number of fused-ring (bicyclic) bond motifs is 4. The van der Waals surface area contributed by atoms with Crippen LogP contribution in [0.15, 0.2) is 15.7 Å². The lowest BCUT2D eigenvalue weighted by Crippen LogP contribution is -2.51. The molecule has 3 heterocycles. The molecule has 2 aliphatic rings. The van der Waals surface area contributed by atoms with Crippen LogP contribution in [0.4, 0.5) is 0 Å². The van der Waals surface area contributed by atoms with E-state index in [9.17, 15) is 4.79 Å². The van der Waals surface area contributed by atoms with Crippen LogP contribution in [0.3, 0.4) is 0 Å². The second kappa shape index (κ2) is 3.50. The first kappa shape index (κ1) is 9.69. The molecule has 80 valence electrons. The molecule has 1 amide bonds. The molecule has 1 aromatic rings. The Morgan fingerprint density at radius 3 is 3.27 bits per heavy atom. The van der Waals surface area contributed by atoms with Gasteiger partial charge in [0.1, 0.15) is 0 Å². The van der Waals surface area contributed by atoms with Crippen LogP contribution in [0.1, 0.15) is 18.5 Å². The largest absolute Gasteiger partial charge is 0.333 e. The first-order valence-corrected chi connectivity index (χ1v) is 6.74.